The van der Waals surface area contributed by atoms with E-state index in [1.807, 2.05) is 24.3 Å². The van der Waals surface area contributed by atoms with Crippen LogP contribution in [0.2, 0.25) is 5.02 Å². The molecule has 160 valence electrons. The zero-order chi connectivity index (χ0) is 20.8. The van der Waals surface area contributed by atoms with E-state index in [4.69, 9.17) is 16.6 Å². The van der Waals surface area contributed by atoms with E-state index in [2.05, 4.69) is 57.4 Å². The molecule has 0 amide bonds. The molecule has 0 fully saturated rings. The molecule has 0 saturated carbocycles. The lowest BCUT2D eigenvalue weighted by Gasteiger charge is -2.42. The molecule has 1 aliphatic rings. The number of thiazole rings is 1. The van der Waals surface area contributed by atoms with Gasteiger partial charge >= 0.3 is 0 Å². The normalized spacial score (nSPS) is 16.5. The molecule has 0 aliphatic heterocycles. The number of aromatic nitrogens is 1. The average molecular weight is 506 g/mol. The number of hydrogen-bond donors (Lipinski definition) is 1. The van der Waals surface area contributed by atoms with Gasteiger partial charge in [-0.15, -0.1) is 28.3 Å². The van der Waals surface area contributed by atoms with E-state index in [1.165, 1.54) is 35.1 Å². The minimum absolute atomic E-state index is 0. The molecule has 1 heterocycles. The maximum atomic E-state index is 6.30. The Morgan fingerprint density at radius 3 is 2.30 bits per heavy atom. The second-order valence-corrected chi connectivity index (χ2v) is 10.6. The molecule has 4 rings (SSSR count). The van der Waals surface area contributed by atoms with Gasteiger partial charge in [-0.25, -0.2) is 4.98 Å². The van der Waals surface area contributed by atoms with Gasteiger partial charge < -0.3 is 5.32 Å². The Morgan fingerprint density at radius 2 is 1.67 bits per heavy atom. The highest BCUT2D eigenvalue weighted by Crippen LogP contribution is 2.48. The summed E-state index contributed by atoms with van der Waals surface area (Å²) in [6, 6.07) is 12.6. The molecule has 0 radical (unpaired) electrons. The Hall–Kier alpha value is -1.36. The molecule has 30 heavy (non-hydrogen) atoms. The van der Waals surface area contributed by atoms with Crippen LogP contribution in [0.3, 0.4) is 0 Å². The van der Waals surface area contributed by atoms with Gasteiger partial charge in [-0.05, 0) is 65.0 Å². The molecule has 0 atom stereocenters. The van der Waals surface area contributed by atoms with Crippen LogP contribution in [0.25, 0.3) is 11.3 Å². The van der Waals surface area contributed by atoms with E-state index in [-0.39, 0.29) is 27.8 Å². The van der Waals surface area contributed by atoms with E-state index in [1.54, 1.807) is 11.3 Å². The van der Waals surface area contributed by atoms with Gasteiger partial charge in [0.05, 0.1) is 16.4 Å². The summed E-state index contributed by atoms with van der Waals surface area (Å²) in [5.74, 6) is 0. The summed E-state index contributed by atoms with van der Waals surface area (Å²) in [6.45, 7) is 11.8. The molecule has 0 saturated heterocycles. The number of nitrogens with one attached hydrogen (secondary N) is 1. The lowest BCUT2D eigenvalue weighted by atomic mass is 9.62. The third-order valence-electron chi connectivity index (χ3n) is 6.35. The lowest BCUT2D eigenvalue weighted by molar-refractivity contribution is 0.331. The van der Waals surface area contributed by atoms with E-state index in [0.29, 0.717) is 5.02 Å². The van der Waals surface area contributed by atoms with Gasteiger partial charge in [-0.3, -0.25) is 0 Å². The maximum Gasteiger partial charge on any atom is 0.187 e. The molecule has 0 spiro atoms. The summed E-state index contributed by atoms with van der Waals surface area (Å²) in [5.41, 5.74) is 7.99. The van der Waals surface area contributed by atoms with Crippen LogP contribution in [0.1, 0.15) is 64.2 Å². The first-order valence-electron chi connectivity index (χ1n) is 10.4. The SMILES string of the molecule is Br.CCc1cc2c(cc1-c1csc(Nc3ccccc3Cl)n1)C(C)(C)CCC2(C)C. The zero-order valence-electron chi connectivity index (χ0n) is 18.3. The second-order valence-electron chi connectivity index (χ2n) is 9.32. The van der Waals surface area contributed by atoms with Crippen molar-refractivity contribution in [3.05, 3.63) is 63.5 Å². The monoisotopic (exact) mass is 504 g/mol. The molecule has 2 aromatic carbocycles. The largest absolute Gasteiger partial charge is 0.330 e. The predicted octanol–water partition coefficient (Wildman–Crippen LogP) is 8.70. The highest BCUT2D eigenvalue weighted by atomic mass is 79.9. The van der Waals surface area contributed by atoms with Crippen LogP contribution >= 0.6 is 39.9 Å². The number of aryl methyl sites for hydroxylation is 1. The smallest absolute Gasteiger partial charge is 0.187 e. The van der Waals surface area contributed by atoms with Gasteiger partial charge in [0.25, 0.3) is 0 Å². The van der Waals surface area contributed by atoms with E-state index in [0.717, 1.165) is 22.9 Å². The summed E-state index contributed by atoms with van der Waals surface area (Å²) in [7, 11) is 0. The Kier molecular flexibility index (Phi) is 6.71. The van der Waals surface area contributed by atoms with Crippen molar-refractivity contribution in [1.82, 2.24) is 4.98 Å². The lowest BCUT2D eigenvalue weighted by Crippen LogP contribution is -2.34. The average Bonchev–Trinajstić information content (AvgIpc) is 3.15. The molecule has 0 unspecified atom stereocenters. The number of benzene rings is 2. The van der Waals surface area contributed by atoms with Crippen LogP contribution in [-0.4, -0.2) is 4.98 Å². The van der Waals surface area contributed by atoms with Crippen molar-refractivity contribution in [1.29, 1.82) is 0 Å². The number of fused-ring (bicyclic) bond motifs is 1. The number of rotatable bonds is 4. The molecule has 2 nitrogen and oxygen atoms in total. The zero-order valence-corrected chi connectivity index (χ0v) is 21.6. The molecule has 0 bridgehead atoms. The number of hydrogen-bond acceptors (Lipinski definition) is 3. The van der Waals surface area contributed by atoms with Crippen molar-refractivity contribution in [3.8, 4) is 11.3 Å². The van der Waals surface area contributed by atoms with Crippen molar-refractivity contribution >= 4 is 50.7 Å². The first-order chi connectivity index (χ1) is 13.7. The summed E-state index contributed by atoms with van der Waals surface area (Å²) in [5, 5.41) is 7.09. The van der Waals surface area contributed by atoms with E-state index in [9.17, 15) is 0 Å². The number of halogens is 2. The Balaban J connectivity index is 0.00000256. The maximum absolute atomic E-state index is 6.30. The fraction of sp³-hybridized carbons (Fsp3) is 0.400. The van der Waals surface area contributed by atoms with Gasteiger partial charge in [0, 0.05) is 10.9 Å². The Bertz CT molecular complexity index is 1060. The number of para-hydroxylation sites is 1. The van der Waals surface area contributed by atoms with Crippen LogP contribution in [0.4, 0.5) is 10.8 Å². The summed E-state index contributed by atoms with van der Waals surface area (Å²) >= 11 is 7.92. The minimum atomic E-state index is 0. The summed E-state index contributed by atoms with van der Waals surface area (Å²) < 4.78 is 0. The van der Waals surface area contributed by atoms with Gasteiger partial charge in [0.1, 0.15) is 0 Å². The van der Waals surface area contributed by atoms with E-state index >= 15 is 0 Å². The van der Waals surface area contributed by atoms with Gasteiger partial charge in [0.15, 0.2) is 5.13 Å². The second kappa shape index (κ2) is 8.64. The number of anilines is 2. The van der Waals surface area contributed by atoms with Crippen LogP contribution in [0.15, 0.2) is 41.8 Å². The predicted molar refractivity (Wildman–Crippen MR) is 137 cm³/mol. The van der Waals surface area contributed by atoms with E-state index < -0.39 is 0 Å². The first-order valence-corrected chi connectivity index (χ1v) is 11.6. The standard InChI is InChI=1S/C25H29ClN2S.BrH/c1-6-16-13-18-19(25(4,5)12-11-24(18,2)3)14-17(16)22-15-29-23(28-22)27-21-10-8-7-9-20(21)26;/h7-10,13-15H,6,11-12H2,1-5H3,(H,27,28);1H. The van der Waals surface area contributed by atoms with Crippen LogP contribution in [-0.2, 0) is 17.3 Å². The molecule has 5 heteroatoms. The minimum Gasteiger partial charge on any atom is -0.330 e. The highest BCUT2D eigenvalue weighted by Gasteiger charge is 2.37. The van der Waals surface area contributed by atoms with Gasteiger partial charge in [-0.1, -0.05) is 64.4 Å². The Morgan fingerprint density at radius 1 is 1.03 bits per heavy atom. The van der Waals surface area contributed by atoms with Gasteiger partial charge in [-0.2, -0.15) is 0 Å². The quantitative estimate of drug-likeness (QED) is 0.383. The molecular weight excluding hydrogens is 476 g/mol. The van der Waals surface area contributed by atoms with Crippen molar-refractivity contribution in [2.24, 2.45) is 0 Å². The Labute approximate surface area is 199 Å². The van der Waals surface area contributed by atoms with Crippen LogP contribution in [0.5, 0.6) is 0 Å². The third kappa shape index (κ3) is 4.32. The highest BCUT2D eigenvalue weighted by molar-refractivity contribution is 8.93. The van der Waals surface area contributed by atoms with Gasteiger partial charge in [0.2, 0.25) is 0 Å². The number of nitrogens with zero attached hydrogens (tertiary/aromatic N) is 1. The fourth-order valence-electron chi connectivity index (χ4n) is 4.32. The van der Waals surface area contributed by atoms with Crippen molar-refractivity contribution in [2.45, 2.75) is 64.7 Å². The molecule has 1 aromatic heterocycles. The summed E-state index contributed by atoms with van der Waals surface area (Å²) in [6.07, 6.45) is 3.45. The summed E-state index contributed by atoms with van der Waals surface area (Å²) in [4.78, 5) is 4.91. The molecular formula is C25H30BrClN2S. The van der Waals surface area contributed by atoms with Crippen molar-refractivity contribution in [3.63, 3.8) is 0 Å². The molecule has 3 aromatic rings. The van der Waals surface area contributed by atoms with Crippen molar-refractivity contribution < 1.29 is 0 Å². The molecule has 1 aliphatic carbocycles. The van der Waals surface area contributed by atoms with Crippen LogP contribution < -0.4 is 5.32 Å². The topological polar surface area (TPSA) is 24.9 Å². The molecule has 1 N–H and O–H groups in total. The van der Waals surface area contributed by atoms with Crippen LogP contribution in [0, 0.1) is 0 Å². The van der Waals surface area contributed by atoms with Crippen molar-refractivity contribution in [2.75, 3.05) is 5.32 Å². The third-order valence-corrected chi connectivity index (χ3v) is 7.44. The fourth-order valence-corrected chi connectivity index (χ4v) is 5.23. The first kappa shape index (κ1) is 23.3.